The van der Waals surface area contributed by atoms with Crippen LogP contribution in [0.5, 0.6) is 0 Å². The second-order valence-corrected chi connectivity index (χ2v) is 34.9. The van der Waals surface area contributed by atoms with E-state index in [1.54, 1.807) is 0 Å². The number of nitrogens with zero attached hydrogens (tertiary/aromatic N) is 4. The van der Waals surface area contributed by atoms with Gasteiger partial charge >= 0.3 is 7.12 Å². The summed E-state index contributed by atoms with van der Waals surface area (Å²) in [7, 11) is -0.335. The Bertz CT molecular complexity index is 8130. The lowest BCUT2D eigenvalue weighted by Crippen LogP contribution is -2.41. The zero-order chi connectivity index (χ0) is 89.4. The lowest BCUT2D eigenvalue weighted by molar-refractivity contribution is 0.00578. The van der Waals surface area contributed by atoms with Crippen LogP contribution in [0.4, 0.5) is 5.69 Å². The van der Waals surface area contributed by atoms with Gasteiger partial charge in [0.25, 0.3) is 0 Å². The number of benzene rings is 20. The van der Waals surface area contributed by atoms with E-state index in [0.717, 1.165) is 117 Å². The van der Waals surface area contributed by atoms with Crippen LogP contribution in [-0.4, -0.2) is 28.3 Å². The van der Waals surface area contributed by atoms with E-state index in [2.05, 4.69) is 390 Å². The Morgan fingerprint density at radius 1 is 0.280 bits per heavy atom. The van der Waals surface area contributed by atoms with Gasteiger partial charge in [-0.3, -0.25) is 0 Å². The molecule has 1 fully saturated rings. The number of halogens is 1. The van der Waals surface area contributed by atoms with Gasteiger partial charge in [-0.05, 0) is 260 Å². The fourth-order valence-corrected chi connectivity index (χ4v) is 18.0. The molecule has 1 saturated heterocycles. The maximum atomic E-state index is 9.17. The van der Waals surface area contributed by atoms with Crippen LogP contribution in [0.3, 0.4) is 0 Å². The molecular formula is C122H84BClN4O4. The maximum Gasteiger partial charge on any atom is 0.494 e. The number of aromatic nitrogens is 2. The van der Waals surface area contributed by atoms with Crippen LogP contribution in [0, 0.1) is 17.9 Å². The molecule has 0 bridgehead atoms. The normalized spacial score (nSPS) is 12.6. The molecule has 0 saturated carbocycles. The molecular weight excluding hydrogens is 1630 g/mol. The van der Waals surface area contributed by atoms with Crippen LogP contribution in [-0.2, 0) is 9.31 Å². The summed E-state index contributed by atoms with van der Waals surface area (Å²) < 4.78 is 25.2. The quantitative estimate of drug-likeness (QED) is 0.0790. The molecule has 1 aliphatic heterocycles. The highest BCUT2D eigenvalue weighted by Gasteiger charge is 2.51. The molecule has 0 spiro atoms. The first kappa shape index (κ1) is 82.6. The molecule has 1 aliphatic rings. The van der Waals surface area contributed by atoms with E-state index >= 15 is 0 Å². The standard InChI is InChI=1S/C58H36N2O.C45H28ClNO.C19H20BNO2/c59-37-38-15-17-39(18-16-38)40-19-21-41(22-20-40)42-25-33-49(34-26-42)58-60-57-55(48-31-29-47(30-32-48)54-14-6-10-45-8-2-4-12-52(45)54)35-50(36-56(57)61-58)43-23-27-46(28-24-43)53-13-5-9-44-7-1-3-11-51(44)53;46-37-25-23-35(24-26-37)45-47-44-42(34-21-19-33(20-22-34)41-14-6-10-31-8-2-4-12-39(31)41)27-36(28-43(44)48-45)29-15-17-32(18-16-29)40-13-5-9-30-7-1-3-11-38(30)40;1-18(2)19(3,4)23-20(22-18)16-10-6-14(7-11-16)15-8-12-17(21-5)13-9-15/h1-36H;1-28H;6-13H,1-4H3. The molecule has 23 rings (SSSR count). The summed E-state index contributed by atoms with van der Waals surface area (Å²) >= 11 is 6.19. The highest BCUT2D eigenvalue weighted by atomic mass is 35.5. The molecule has 20 aromatic carbocycles. The Morgan fingerprint density at radius 2 is 0.538 bits per heavy atom. The van der Waals surface area contributed by atoms with Gasteiger partial charge in [-0.1, -0.05) is 376 Å². The fraction of sp³-hybridized carbons (Fsp3) is 0.0492. The van der Waals surface area contributed by atoms with Crippen LogP contribution in [0.2, 0.25) is 5.02 Å². The summed E-state index contributed by atoms with van der Waals surface area (Å²) in [5.74, 6) is 1.15. The van der Waals surface area contributed by atoms with E-state index in [4.69, 9.17) is 46.3 Å². The summed E-state index contributed by atoms with van der Waals surface area (Å²) in [4.78, 5) is 13.6. The minimum Gasteiger partial charge on any atom is -0.436 e. The molecule has 132 heavy (non-hydrogen) atoms. The van der Waals surface area contributed by atoms with Crippen molar-refractivity contribution in [2.45, 2.75) is 38.9 Å². The molecule has 0 unspecified atom stereocenters. The SMILES string of the molecule is Clc1ccc(-c2nc3c(-c4ccc(-c5cccc6ccccc56)cc4)cc(-c4ccc(-c5cccc6ccccc56)cc4)cc3o2)cc1.N#Cc1ccc(-c2ccc(-c3ccc(-c4nc5c(-c6ccc(-c7cccc8ccccc78)cc6)cc(-c6ccc(-c7cccc8ccccc78)cc6)cc5o4)cc3)cc2)cc1.[C-]#[N+]c1ccc(-c2ccc(B3OC(C)(C)C(C)(C)O3)cc2)cc1. The molecule has 0 N–H and O–H groups in total. The molecule has 0 aliphatic carbocycles. The second kappa shape index (κ2) is 35.3. The van der Waals surface area contributed by atoms with E-state index in [0.29, 0.717) is 28.1 Å². The Kier molecular flexibility index (Phi) is 22.1. The fourth-order valence-electron chi connectivity index (χ4n) is 17.9. The van der Waals surface area contributed by atoms with Crippen LogP contribution < -0.4 is 5.46 Å². The predicted molar refractivity (Wildman–Crippen MR) is 547 cm³/mol. The Balaban J connectivity index is 0.000000131. The third kappa shape index (κ3) is 16.6. The van der Waals surface area contributed by atoms with Crippen molar-refractivity contribution < 1.29 is 18.1 Å². The summed E-state index contributed by atoms with van der Waals surface area (Å²) in [6.45, 7) is 15.2. The Hall–Kier alpha value is -16.4. The van der Waals surface area contributed by atoms with Gasteiger partial charge in [0.05, 0.1) is 29.4 Å². The molecule has 0 amide bonds. The summed E-state index contributed by atoms with van der Waals surface area (Å²) in [6.07, 6.45) is 0. The number of rotatable bonds is 14. The van der Waals surface area contributed by atoms with Crippen molar-refractivity contribution >= 4 is 95.2 Å². The largest absolute Gasteiger partial charge is 0.494 e. The van der Waals surface area contributed by atoms with Crippen LogP contribution in [0.15, 0.2) is 446 Å². The van der Waals surface area contributed by atoms with Crippen LogP contribution in [0.25, 0.3) is 215 Å². The monoisotopic (exact) mass is 1710 g/mol. The minimum atomic E-state index is -0.335. The first-order chi connectivity index (χ1) is 64.6. The molecule has 2 aromatic heterocycles. The van der Waals surface area contributed by atoms with Crippen molar-refractivity contribution in [1.82, 2.24) is 9.97 Å². The zero-order valence-corrected chi connectivity index (χ0v) is 73.7. The highest BCUT2D eigenvalue weighted by molar-refractivity contribution is 6.62. The summed E-state index contributed by atoms with van der Waals surface area (Å²) in [6, 6.07) is 154. The van der Waals surface area contributed by atoms with Gasteiger partial charge in [-0.15, -0.1) is 0 Å². The van der Waals surface area contributed by atoms with E-state index in [1.807, 2.05) is 84.9 Å². The molecule has 0 radical (unpaired) electrons. The van der Waals surface area contributed by atoms with E-state index in [9.17, 15) is 5.26 Å². The highest BCUT2D eigenvalue weighted by Crippen LogP contribution is 2.45. The summed E-state index contributed by atoms with van der Waals surface area (Å²) in [5.41, 5.74) is 31.3. The van der Waals surface area contributed by atoms with Crippen LogP contribution in [0.1, 0.15) is 33.3 Å². The first-order valence-electron chi connectivity index (χ1n) is 44.3. The van der Waals surface area contributed by atoms with Crippen molar-refractivity contribution in [3.63, 3.8) is 0 Å². The van der Waals surface area contributed by atoms with Gasteiger partial charge in [0.15, 0.2) is 16.9 Å². The van der Waals surface area contributed by atoms with Gasteiger partial charge in [-0.25, -0.2) is 14.8 Å². The zero-order valence-electron chi connectivity index (χ0n) is 72.9. The predicted octanol–water partition coefficient (Wildman–Crippen LogP) is 33.0. The molecule has 626 valence electrons. The maximum absolute atomic E-state index is 9.17. The van der Waals surface area contributed by atoms with Gasteiger partial charge < -0.3 is 18.1 Å². The van der Waals surface area contributed by atoms with E-state index in [1.165, 1.54) is 87.6 Å². The third-order valence-electron chi connectivity index (χ3n) is 25.8. The second-order valence-electron chi connectivity index (χ2n) is 34.4. The van der Waals surface area contributed by atoms with Gasteiger partial charge in [0.2, 0.25) is 11.8 Å². The average molecular weight is 1720 g/mol. The minimum absolute atomic E-state index is 0.327. The Labute approximate surface area is 772 Å². The Morgan fingerprint density at radius 3 is 0.856 bits per heavy atom. The number of hydrogen-bond acceptors (Lipinski definition) is 7. The number of fused-ring (bicyclic) bond motifs is 6. The van der Waals surface area contributed by atoms with Gasteiger partial charge in [0.1, 0.15) is 11.0 Å². The van der Waals surface area contributed by atoms with Crippen molar-refractivity contribution in [3.05, 3.63) is 459 Å². The van der Waals surface area contributed by atoms with Crippen molar-refractivity contribution in [2.24, 2.45) is 0 Å². The average Bonchev–Trinajstić information content (AvgIpc) is 1.54. The van der Waals surface area contributed by atoms with E-state index < -0.39 is 0 Å². The summed E-state index contributed by atoms with van der Waals surface area (Å²) in [5, 5.41) is 19.8. The van der Waals surface area contributed by atoms with E-state index in [-0.39, 0.29) is 18.3 Å². The molecule has 3 heterocycles. The van der Waals surface area contributed by atoms with Gasteiger partial charge in [-0.2, -0.15) is 5.26 Å². The van der Waals surface area contributed by atoms with Crippen molar-refractivity contribution in [3.8, 4) is 151 Å². The lowest BCUT2D eigenvalue weighted by atomic mass is 9.78. The number of nitriles is 1. The van der Waals surface area contributed by atoms with Crippen molar-refractivity contribution in [2.75, 3.05) is 0 Å². The third-order valence-corrected chi connectivity index (χ3v) is 26.0. The molecule has 8 nitrogen and oxygen atoms in total. The van der Waals surface area contributed by atoms with Crippen molar-refractivity contribution in [1.29, 1.82) is 5.26 Å². The molecule has 0 atom stereocenters. The molecule has 10 heteroatoms. The number of hydrogen-bond donors (Lipinski definition) is 0. The lowest BCUT2D eigenvalue weighted by Gasteiger charge is -2.32. The smallest absolute Gasteiger partial charge is 0.436 e. The van der Waals surface area contributed by atoms with Crippen LogP contribution >= 0.6 is 11.6 Å². The number of oxazole rings is 2. The molecule has 22 aromatic rings. The first-order valence-corrected chi connectivity index (χ1v) is 44.7. The topological polar surface area (TPSA) is 98.7 Å². The van der Waals surface area contributed by atoms with Gasteiger partial charge in [0, 0.05) is 27.3 Å².